The normalized spacial score (nSPS) is 19.6. The maximum absolute atomic E-state index is 7.64. The van der Waals surface area contributed by atoms with E-state index >= 15 is 0 Å². The van der Waals surface area contributed by atoms with Gasteiger partial charge in [0.25, 0.3) is 6.71 Å². The average Bonchev–Trinajstić information content (AvgIpc) is 3.57. The Morgan fingerprint density at radius 3 is 1.58 bits per heavy atom. The fourth-order valence-corrected chi connectivity index (χ4v) is 11.1. The van der Waals surface area contributed by atoms with E-state index < -0.39 is 0 Å². The fourth-order valence-electron chi connectivity index (χ4n) is 11.1. The quantitative estimate of drug-likeness (QED) is 0.162. The van der Waals surface area contributed by atoms with Crippen LogP contribution in [-0.2, 0) is 37.9 Å². The van der Waals surface area contributed by atoms with Gasteiger partial charge in [0.1, 0.15) is 5.76 Å². The van der Waals surface area contributed by atoms with Crippen molar-refractivity contribution in [2.45, 2.75) is 181 Å². The van der Waals surface area contributed by atoms with Crippen molar-refractivity contribution in [2.24, 2.45) is 0 Å². The van der Waals surface area contributed by atoms with Crippen LogP contribution in [0.5, 0.6) is 0 Å². The van der Waals surface area contributed by atoms with Crippen molar-refractivity contribution in [2.75, 3.05) is 9.80 Å². The van der Waals surface area contributed by atoms with Gasteiger partial charge in [0.2, 0.25) is 0 Å². The summed E-state index contributed by atoms with van der Waals surface area (Å²) in [6, 6.07) is 29.3. The Kier molecular flexibility index (Phi) is 8.72. The van der Waals surface area contributed by atoms with Crippen LogP contribution in [0.15, 0.2) is 77.2 Å². The molecule has 0 amide bonds. The van der Waals surface area contributed by atoms with E-state index in [0.29, 0.717) is 0 Å². The molecule has 0 radical (unpaired) electrons. The van der Waals surface area contributed by atoms with Gasteiger partial charge in [-0.25, -0.2) is 0 Å². The summed E-state index contributed by atoms with van der Waals surface area (Å²) < 4.78 is 7.64. The maximum atomic E-state index is 7.64. The Hall–Kier alpha value is -4.18. The largest absolute Gasteiger partial charge is 0.444 e. The Bertz CT molecular complexity index is 2560. The van der Waals surface area contributed by atoms with E-state index in [-0.39, 0.29) is 44.6 Å². The first-order chi connectivity index (χ1) is 27.6. The van der Waals surface area contributed by atoms with Gasteiger partial charge in [-0.2, -0.15) is 0 Å². The minimum Gasteiger partial charge on any atom is -0.444 e. The van der Waals surface area contributed by atoms with Gasteiger partial charge in [0, 0.05) is 33.9 Å². The summed E-state index contributed by atoms with van der Waals surface area (Å²) in [5, 5.41) is 0. The van der Waals surface area contributed by atoms with Gasteiger partial charge in [-0.15, -0.1) is 0 Å². The predicted octanol–water partition coefficient (Wildman–Crippen LogP) is 14.0. The van der Waals surface area contributed by atoms with Crippen LogP contribution in [0.2, 0.25) is 0 Å². The van der Waals surface area contributed by atoms with Crippen molar-refractivity contribution in [1.29, 1.82) is 0 Å². The van der Waals surface area contributed by atoms with E-state index in [9.17, 15) is 0 Å². The van der Waals surface area contributed by atoms with Crippen LogP contribution in [0.4, 0.5) is 34.3 Å². The van der Waals surface area contributed by atoms with E-state index in [1.165, 1.54) is 96.8 Å². The number of hydrogen-bond acceptors (Lipinski definition) is 3. The molecule has 0 atom stereocenters. The molecule has 0 fully saturated rings. The first kappa shape index (κ1) is 41.2. The van der Waals surface area contributed by atoms with Crippen LogP contribution in [0.1, 0.15) is 183 Å². The summed E-state index contributed by atoms with van der Waals surface area (Å²) in [6.45, 7) is 40.6. The first-order valence-corrected chi connectivity index (χ1v) is 23.0. The van der Waals surface area contributed by atoms with E-state index in [0.717, 1.165) is 18.7 Å². The fraction of sp³-hybridized carbons (Fsp3) is 0.500. The summed E-state index contributed by atoms with van der Waals surface area (Å²) in [4.78, 5) is 5.17. The minimum absolute atomic E-state index is 0.00587. The van der Waals surface area contributed by atoms with Crippen molar-refractivity contribution in [3.8, 4) is 0 Å². The number of hydrogen-bond donors (Lipinski definition) is 0. The second-order valence-corrected chi connectivity index (χ2v) is 24.9. The molecule has 0 spiro atoms. The molecule has 2 aliphatic carbocycles. The molecule has 4 aliphatic rings. The van der Waals surface area contributed by atoms with Crippen LogP contribution in [0, 0.1) is 0 Å². The highest BCUT2D eigenvalue weighted by molar-refractivity contribution is 7.00. The zero-order valence-electron chi connectivity index (χ0n) is 40.1. The zero-order valence-corrected chi connectivity index (χ0v) is 40.1. The summed E-state index contributed by atoms with van der Waals surface area (Å²) in [6.07, 6.45) is 4.59. The molecule has 60 heavy (non-hydrogen) atoms. The third-order valence-electron chi connectivity index (χ3n) is 15.4. The van der Waals surface area contributed by atoms with Gasteiger partial charge < -0.3 is 9.32 Å². The van der Waals surface area contributed by atoms with Crippen molar-refractivity contribution < 1.29 is 4.42 Å². The van der Waals surface area contributed by atoms with Crippen LogP contribution in [0.3, 0.4) is 0 Å². The van der Waals surface area contributed by atoms with Gasteiger partial charge in [-0.3, -0.25) is 4.90 Å². The molecule has 9 rings (SSSR count). The van der Waals surface area contributed by atoms with Crippen LogP contribution in [-0.4, -0.2) is 6.71 Å². The molecule has 3 heterocycles. The monoisotopic (exact) mass is 799 g/mol. The van der Waals surface area contributed by atoms with Gasteiger partial charge in [-0.1, -0.05) is 148 Å². The van der Waals surface area contributed by atoms with Crippen molar-refractivity contribution in [3.63, 3.8) is 0 Å². The second-order valence-electron chi connectivity index (χ2n) is 24.9. The highest BCUT2D eigenvalue weighted by Crippen LogP contribution is 2.54. The third-order valence-corrected chi connectivity index (χ3v) is 15.4. The van der Waals surface area contributed by atoms with Gasteiger partial charge in [-0.05, 0) is 150 Å². The minimum atomic E-state index is -0.0979. The predicted molar refractivity (Wildman–Crippen MR) is 259 cm³/mol. The highest BCUT2D eigenvalue weighted by Gasteiger charge is 2.53. The molecular weight excluding hydrogens is 727 g/mol. The van der Waals surface area contributed by atoms with Crippen LogP contribution < -0.4 is 26.2 Å². The van der Waals surface area contributed by atoms with E-state index in [1.807, 2.05) is 0 Å². The van der Waals surface area contributed by atoms with Crippen LogP contribution in [0.25, 0.3) is 0 Å². The van der Waals surface area contributed by atoms with Gasteiger partial charge in [0.05, 0.1) is 0 Å². The summed E-state index contributed by atoms with van der Waals surface area (Å²) in [5.74, 6) is 2.19. The molecule has 0 unspecified atom stereocenters. The number of rotatable bonds is 2. The molecule has 3 nitrogen and oxygen atoms in total. The molecule has 4 aromatic carbocycles. The SMILES string of the molecule is CC(C)(C)c1ccc(N2c3ccc(C(C)(C)C)cc3B3c4c2cc(C(C)(C)C)cc4N(c2ccc4c(c2)C(C)(C)CCC4(C)C)c2oc4c(c23)C(C)(C)CCC4(C)C)cc1. The molecule has 1 aromatic heterocycles. The lowest BCUT2D eigenvalue weighted by Crippen LogP contribution is -2.63. The lowest BCUT2D eigenvalue weighted by Gasteiger charge is -2.46. The molecule has 0 bridgehead atoms. The lowest BCUT2D eigenvalue weighted by atomic mass is 9.32. The Morgan fingerprint density at radius 2 is 0.983 bits per heavy atom. The molecule has 0 N–H and O–H groups in total. The summed E-state index contributed by atoms with van der Waals surface area (Å²) >= 11 is 0. The van der Waals surface area contributed by atoms with Gasteiger partial charge in [0.15, 0.2) is 5.88 Å². The van der Waals surface area contributed by atoms with E-state index in [1.54, 1.807) is 0 Å². The molecule has 314 valence electrons. The summed E-state index contributed by atoms with van der Waals surface area (Å²) in [5.41, 5.74) is 18.7. The number of fused-ring (bicyclic) bond motifs is 7. The Labute approximate surface area is 363 Å². The molecule has 2 aliphatic heterocycles. The second kappa shape index (κ2) is 12.7. The zero-order chi connectivity index (χ0) is 43.5. The van der Waals surface area contributed by atoms with Crippen molar-refractivity contribution in [3.05, 3.63) is 112 Å². The van der Waals surface area contributed by atoms with Crippen molar-refractivity contribution in [1.82, 2.24) is 0 Å². The topological polar surface area (TPSA) is 19.6 Å². The highest BCUT2D eigenvalue weighted by atomic mass is 16.4. The smallest absolute Gasteiger partial charge is 0.256 e. The number of nitrogens with zero attached hydrogens (tertiary/aromatic N) is 2. The number of benzene rings is 4. The van der Waals surface area contributed by atoms with E-state index in [2.05, 4.69) is 200 Å². The third kappa shape index (κ3) is 6.19. The van der Waals surface area contributed by atoms with Gasteiger partial charge >= 0.3 is 0 Å². The van der Waals surface area contributed by atoms with Crippen LogP contribution >= 0.6 is 0 Å². The maximum Gasteiger partial charge on any atom is 0.256 e. The number of anilines is 6. The Morgan fingerprint density at radius 1 is 0.467 bits per heavy atom. The number of furan rings is 1. The van der Waals surface area contributed by atoms with E-state index in [4.69, 9.17) is 4.42 Å². The van der Waals surface area contributed by atoms with Crippen molar-refractivity contribution >= 4 is 57.4 Å². The molecule has 0 saturated carbocycles. The summed E-state index contributed by atoms with van der Waals surface area (Å²) in [7, 11) is 0. The molecule has 4 heteroatoms. The lowest BCUT2D eigenvalue weighted by molar-refractivity contribution is 0.280. The Balaban J connectivity index is 1.44. The molecule has 0 saturated heterocycles. The molecule has 5 aromatic rings. The first-order valence-electron chi connectivity index (χ1n) is 23.0. The standard InChI is InChI=1S/C56H71BN2O/c1-50(2,3)34-18-21-37(22-19-34)58-42-25-20-35(51(4,5)6)30-41(42)57-46-43(58)31-36(52(7,8)9)32-44(46)59(38-23-24-39-40(33-38)54(12,13)27-26-53(39,10)11)49-47(57)45-48(60-49)56(16,17)29-28-55(45,14)15/h18-25,30-33H,26-29H2,1-17H3. The average molecular weight is 799 g/mol. The molecular formula is C56H71BN2O.